The smallest absolute Gasteiger partial charge is 0.253 e. The highest BCUT2D eigenvalue weighted by Gasteiger charge is 2.19. The van der Waals surface area contributed by atoms with Gasteiger partial charge >= 0.3 is 0 Å². The SMILES string of the molecule is CC(=O)N1CCN(c2cncc(C(=O)NCc3cccnc3)c2)CC1. The van der Waals surface area contributed by atoms with Crippen molar-refractivity contribution in [2.75, 3.05) is 31.1 Å². The summed E-state index contributed by atoms with van der Waals surface area (Å²) in [5.41, 5.74) is 2.37. The normalized spacial score (nSPS) is 14.3. The fraction of sp³-hybridized carbons (Fsp3) is 0.333. The van der Waals surface area contributed by atoms with Gasteiger partial charge in [-0.2, -0.15) is 0 Å². The molecule has 0 atom stereocenters. The molecule has 3 heterocycles. The summed E-state index contributed by atoms with van der Waals surface area (Å²) in [5, 5.41) is 2.88. The van der Waals surface area contributed by atoms with E-state index in [4.69, 9.17) is 0 Å². The second kappa shape index (κ2) is 7.74. The summed E-state index contributed by atoms with van der Waals surface area (Å²) in [6.07, 6.45) is 6.74. The minimum Gasteiger partial charge on any atom is -0.367 e. The molecule has 0 aromatic carbocycles. The maximum absolute atomic E-state index is 12.4. The second-order valence-corrected chi connectivity index (χ2v) is 5.97. The number of pyridine rings is 2. The van der Waals surface area contributed by atoms with E-state index >= 15 is 0 Å². The van der Waals surface area contributed by atoms with Gasteiger partial charge in [0.1, 0.15) is 0 Å². The number of nitrogens with zero attached hydrogens (tertiary/aromatic N) is 4. The molecule has 0 radical (unpaired) electrons. The Morgan fingerprint density at radius 3 is 2.60 bits per heavy atom. The van der Waals surface area contributed by atoms with Crippen molar-refractivity contribution in [3.63, 3.8) is 0 Å². The van der Waals surface area contributed by atoms with Crippen molar-refractivity contribution < 1.29 is 9.59 Å². The van der Waals surface area contributed by atoms with Crippen molar-refractivity contribution in [1.29, 1.82) is 0 Å². The Bertz CT molecular complexity index is 742. The molecule has 7 heteroatoms. The molecule has 25 heavy (non-hydrogen) atoms. The summed E-state index contributed by atoms with van der Waals surface area (Å²) in [4.78, 5) is 36.0. The van der Waals surface area contributed by atoms with Crippen molar-refractivity contribution >= 4 is 17.5 Å². The summed E-state index contributed by atoms with van der Waals surface area (Å²) in [6.45, 7) is 4.86. The van der Waals surface area contributed by atoms with Crippen LogP contribution in [0.25, 0.3) is 0 Å². The molecule has 2 aromatic heterocycles. The van der Waals surface area contributed by atoms with Gasteiger partial charge in [0.05, 0.1) is 17.4 Å². The molecular formula is C18H21N5O2. The predicted molar refractivity (Wildman–Crippen MR) is 94.1 cm³/mol. The molecule has 1 fully saturated rings. The minimum absolute atomic E-state index is 0.0984. The number of amides is 2. The van der Waals surface area contributed by atoms with Crippen molar-refractivity contribution in [3.05, 3.63) is 54.1 Å². The predicted octanol–water partition coefficient (Wildman–Crippen LogP) is 1.08. The molecule has 130 valence electrons. The van der Waals surface area contributed by atoms with Crippen LogP contribution >= 0.6 is 0 Å². The maximum atomic E-state index is 12.4. The fourth-order valence-corrected chi connectivity index (χ4v) is 2.79. The van der Waals surface area contributed by atoms with E-state index in [1.165, 1.54) is 0 Å². The quantitative estimate of drug-likeness (QED) is 0.902. The van der Waals surface area contributed by atoms with Crippen molar-refractivity contribution in [2.24, 2.45) is 0 Å². The van der Waals surface area contributed by atoms with E-state index in [9.17, 15) is 9.59 Å². The Morgan fingerprint density at radius 1 is 1.12 bits per heavy atom. The molecule has 0 bridgehead atoms. The van der Waals surface area contributed by atoms with Gasteiger partial charge in [-0.05, 0) is 17.7 Å². The van der Waals surface area contributed by atoms with Gasteiger partial charge in [-0.25, -0.2) is 0 Å². The fourth-order valence-electron chi connectivity index (χ4n) is 2.79. The lowest BCUT2D eigenvalue weighted by atomic mass is 10.2. The molecule has 7 nitrogen and oxygen atoms in total. The molecular weight excluding hydrogens is 318 g/mol. The molecule has 1 saturated heterocycles. The molecule has 0 unspecified atom stereocenters. The number of rotatable bonds is 4. The molecule has 0 saturated carbocycles. The molecule has 2 aromatic rings. The Kier molecular flexibility index (Phi) is 5.23. The number of anilines is 1. The van der Waals surface area contributed by atoms with Gasteiger partial charge in [-0.1, -0.05) is 6.07 Å². The summed E-state index contributed by atoms with van der Waals surface area (Å²) in [5.74, 6) is -0.0677. The van der Waals surface area contributed by atoms with Crippen LogP contribution in [0.5, 0.6) is 0 Å². The molecule has 3 rings (SSSR count). The number of nitrogens with one attached hydrogen (secondary N) is 1. The lowest BCUT2D eigenvalue weighted by molar-refractivity contribution is -0.129. The van der Waals surface area contributed by atoms with Crippen LogP contribution in [-0.4, -0.2) is 52.9 Å². The Hall–Kier alpha value is -2.96. The van der Waals surface area contributed by atoms with Crippen molar-refractivity contribution in [2.45, 2.75) is 13.5 Å². The van der Waals surface area contributed by atoms with Crippen LogP contribution in [-0.2, 0) is 11.3 Å². The highest BCUT2D eigenvalue weighted by molar-refractivity contribution is 5.94. The van der Waals surface area contributed by atoms with Crippen LogP contribution in [0.2, 0.25) is 0 Å². The first kappa shape index (κ1) is 16.9. The van der Waals surface area contributed by atoms with E-state index in [0.717, 1.165) is 24.3 Å². The number of hydrogen-bond donors (Lipinski definition) is 1. The Labute approximate surface area is 146 Å². The minimum atomic E-state index is -0.166. The van der Waals surface area contributed by atoms with E-state index < -0.39 is 0 Å². The topological polar surface area (TPSA) is 78.4 Å². The number of aromatic nitrogens is 2. The van der Waals surface area contributed by atoms with Crippen LogP contribution < -0.4 is 10.2 Å². The third-order valence-corrected chi connectivity index (χ3v) is 4.25. The van der Waals surface area contributed by atoms with Crippen molar-refractivity contribution in [1.82, 2.24) is 20.2 Å². The zero-order chi connectivity index (χ0) is 17.6. The molecule has 0 aliphatic carbocycles. The van der Waals surface area contributed by atoms with Gasteiger partial charge in [0.2, 0.25) is 5.91 Å². The second-order valence-electron chi connectivity index (χ2n) is 5.97. The Morgan fingerprint density at radius 2 is 1.92 bits per heavy atom. The first-order valence-corrected chi connectivity index (χ1v) is 8.26. The zero-order valence-corrected chi connectivity index (χ0v) is 14.2. The number of carbonyl (C=O) groups is 2. The first-order chi connectivity index (χ1) is 12.1. The van der Waals surface area contributed by atoms with Gasteiger partial charge < -0.3 is 15.1 Å². The van der Waals surface area contributed by atoms with E-state index in [2.05, 4.69) is 20.2 Å². The summed E-state index contributed by atoms with van der Waals surface area (Å²) in [7, 11) is 0. The van der Waals surface area contributed by atoms with E-state index in [-0.39, 0.29) is 11.8 Å². The van der Waals surface area contributed by atoms with Gasteiger partial charge in [0.25, 0.3) is 5.91 Å². The lowest BCUT2D eigenvalue weighted by Gasteiger charge is -2.35. The van der Waals surface area contributed by atoms with E-state index in [1.807, 2.05) is 23.1 Å². The number of piperazine rings is 1. The summed E-state index contributed by atoms with van der Waals surface area (Å²) < 4.78 is 0. The maximum Gasteiger partial charge on any atom is 0.253 e. The molecule has 0 spiro atoms. The Balaban J connectivity index is 1.61. The monoisotopic (exact) mass is 339 g/mol. The van der Waals surface area contributed by atoms with Crippen LogP contribution in [0.3, 0.4) is 0 Å². The van der Waals surface area contributed by atoms with Gasteiger partial charge in [-0.15, -0.1) is 0 Å². The third kappa shape index (κ3) is 4.32. The summed E-state index contributed by atoms with van der Waals surface area (Å²) in [6, 6.07) is 5.59. The largest absolute Gasteiger partial charge is 0.367 e. The van der Waals surface area contributed by atoms with Gasteiger partial charge in [0.15, 0.2) is 0 Å². The van der Waals surface area contributed by atoms with E-state index in [0.29, 0.717) is 25.2 Å². The number of carbonyl (C=O) groups excluding carboxylic acids is 2. The van der Waals surface area contributed by atoms with Crippen molar-refractivity contribution in [3.8, 4) is 0 Å². The average molecular weight is 339 g/mol. The summed E-state index contributed by atoms with van der Waals surface area (Å²) >= 11 is 0. The lowest BCUT2D eigenvalue weighted by Crippen LogP contribution is -2.48. The van der Waals surface area contributed by atoms with Crippen LogP contribution in [0.1, 0.15) is 22.8 Å². The van der Waals surface area contributed by atoms with Crippen LogP contribution in [0.4, 0.5) is 5.69 Å². The molecule has 1 aliphatic heterocycles. The third-order valence-electron chi connectivity index (χ3n) is 4.25. The standard InChI is InChI=1S/C18H21N5O2/c1-14(24)22-5-7-23(8-6-22)17-9-16(12-20-13-17)18(25)21-11-15-3-2-4-19-10-15/h2-4,9-10,12-13H,5-8,11H2,1H3,(H,21,25). The van der Waals surface area contributed by atoms with Gasteiger partial charge in [-0.3, -0.25) is 19.6 Å². The highest BCUT2D eigenvalue weighted by atomic mass is 16.2. The number of hydrogen-bond acceptors (Lipinski definition) is 5. The van der Waals surface area contributed by atoms with Gasteiger partial charge in [0, 0.05) is 58.2 Å². The molecule has 1 aliphatic rings. The molecule has 2 amide bonds. The first-order valence-electron chi connectivity index (χ1n) is 8.26. The van der Waals surface area contributed by atoms with Crippen LogP contribution in [0, 0.1) is 0 Å². The highest BCUT2D eigenvalue weighted by Crippen LogP contribution is 2.17. The zero-order valence-electron chi connectivity index (χ0n) is 14.2. The van der Waals surface area contributed by atoms with E-state index in [1.54, 1.807) is 31.7 Å². The molecule has 1 N–H and O–H groups in total. The van der Waals surface area contributed by atoms with Crippen LogP contribution in [0.15, 0.2) is 43.0 Å². The average Bonchev–Trinajstić information content (AvgIpc) is 2.67.